The molecule has 2 heterocycles. The third-order valence-corrected chi connectivity index (χ3v) is 3.25. The Morgan fingerprint density at radius 3 is 2.91 bits per heavy atom. The number of Topliss-reactive ketones (excluding diaryl/α,β-unsaturated/α-hetero) is 1. The van der Waals surface area contributed by atoms with E-state index in [4.69, 9.17) is 5.26 Å². The summed E-state index contributed by atoms with van der Waals surface area (Å²) < 4.78 is 1.42. The van der Waals surface area contributed by atoms with Crippen molar-refractivity contribution in [2.75, 3.05) is 0 Å². The molecular weight excluding hydrogens is 294 g/mol. The molecule has 1 N–H and O–H groups in total. The van der Waals surface area contributed by atoms with Gasteiger partial charge in [-0.15, -0.1) is 0 Å². The van der Waals surface area contributed by atoms with E-state index >= 15 is 0 Å². The van der Waals surface area contributed by atoms with Gasteiger partial charge >= 0.3 is 0 Å². The number of ketones is 1. The lowest BCUT2D eigenvalue weighted by Crippen LogP contribution is -2.20. The number of hydrogen-bond acceptors (Lipinski definition) is 5. The van der Waals surface area contributed by atoms with Crippen molar-refractivity contribution in [1.29, 1.82) is 5.26 Å². The summed E-state index contributed by atoms with van der Waals surface area (Å²) in [5.74, 6) is 0.0314. The largest absolute Gasteiger partial charge is 0.294 e. The predicted molar refractivity (Wildman–Crippen MR) is 81.2 cm³/mol. The van der Waals surface area contributed by atoms with Crippen LogP contribution in [0, 0.1) is 11.3 Å². The molecule has 1 aromatic carbocycles. The van der Waals surface area contributed by atoms with Gasteiger partial charge in [-0.3, -0.25) is 14.6 Å². The minimum atomic E-state index is -0.393. The molecule has 3 aromatic rings. The topological polar surface area (TPSA) is 104 Å². The van der Waals surface area contributed by atoms with Crippen LogP contribution in [0.2, 0.25) is 0 Å². The third kappa shape index (κ3) is 3.06. The summed E-state index contributed by atoms with van der Waals surface area (Å²) in [5, 5.41) is 12.8. The third-order valence-electron chi connectivity index (χ3n) is 3.25. The van der Waals surface area contributed by atoms with Crippen LogP contribution in [0.5, 0.6) is 0 Å². The average molecular weight is 305 g/mol. The summed E-state index contributed by atoms with van der Waals surface area (Å²) in [7, 11) is 0. The molecule has 0 aliphatic carbocycles. The summed E-state index contributed by atoms with van der Waals surface area (Å²) in [6.07, 6.45) is 4.49. The number of carbonyl (C=O) groups is 1. The minimum Gasteiger partial charge on any atom is -0.294 e. The van der Waals surface area contributed by atoms with Crippen molar-refractivity contribution in [2.45, 2.75) is 6.42 Å². The molecule has 0 saturated carbocycles. The maximum absolute atomic E-state index is 12.2. The number of carbonyl (C=O) groups excluding carboxylic acids is 1. The van der Waals surface area contributed by atoms with Crippen molar-refractivity contribution in [3.8, 4) is 12.0 Å². The number of nitriles is 1. The van der Waals surface area contributed by atoms with E-state index < -0.39 is 5.56 Å². The van der Waals surface area contributed by atoms with Crippen LogP contribution in [0.25, 0.3) is 5.95 Å². The van der Waals surface area contributed by atoms with Gasteiger partial charge in [-0.25, -0.2) is 9.67 Å². The molecule has 3 rings (SSSR count). The molecule has 0 aliphatic rings. The molecular formula is C16H11N5O2. The van der Waals surface area contributed by atoms with Crippen LogP contribution in [0.3, 0.4) is 0 Å². The zero-order valence-electron chi connectivity index (χ0n) is 11.9. The normalized spacial score (nSPS) is 10.2. The summed E-state index contributed by atoms with van der Waals surface area (Å²) in [5.41, 5.74) is 0.653. The van der Waals surface area contributed by atoms with Crippen molar-refractivity contribution in [2.24, 2.45) is 0 Å². The molecule has 0 bridgehead atoms. The van der Waals surface area contributed by atoms with Gasteiger partial charge in [-0.05, 0) is 18.2 Å². The zero-order chi connectivity index (χ0) is 16.2. The Kier molecular flexibility index (Phi) is 3.80. The van der Waals surface area contributed by atoms with E-state index in [1.165, 1.54) is 16.9 Å². The second kappa shape index (κ2) is 6.07. The Labute approximate surface area is 130 Å². The second-order valence-corrected chi connectivity index (χ2v) is 4.80. The van der Waals surface area contributed by atoms with E-state index in [0.29, 0.717) is 11.1 Å². The van der Waals surface area contributed by atoms with Crippen LogP contribution in [0.15, 0.2) is 53.7 Å². The molecule has 23 heavy (non-hydrogen) atoms. The molecule has 112 valence electrons. The molecule has 0 radical (unpaired) electrons. The lowest BCUT2D eigenvalue weighted by Gasteiger charge is -2.03. The van der Waals surface area contributed by atoms with Crippen LogP contribution in [0.4, 0.5) is 0 Å². The molecule has 0 fully saturated rings. The highest BCUT2D eigenvalue weighted by molar-refractivity contribution is 5.97. The van der Waals surface area contributed by atoms with Crippen LogP contribution < -0.4 is 5.56 Å². The van der Waals surface area contributed by atoms with Gasteiger partial charge in [0.15, 0.2) is 5.78 Å². The van der Waals surface area contributed by atoms with Crippen molar-refractivity contribution in [3.05, 3.63) is 76.0 Å². The van der Waals surface area contributed by atoms with Gasteiger partial charge in [0.05, 0.1) is 11.6 Å². The Morgan fingerprint density at radius 1 is 1.35 bits per heavy atom. The first-order valence-corrected chi connectivity index (χ1v) is 6.79. The SMILES string of the molecule is N#Cc1cccc(C(=O)Cc2cnc(-n3cccn3)[nH]c2=O)c1. The lowest BCUT2D eigenvalue weighted by atomic mass is 10.0. The first kappa shape index (κ1) is 14.4. The molecule has 0 saturated heterocycles. The van der Waals surface area contributed by atoms with Crippen LogP contribution in [-0.2, 0) is 6.42 Å². The fourth-order valence-electron chi connectivity index (χ4n) is 2.09. The molecule has 2 aromatic heterocycles. The number of benzene rings is 1. The van der Waals surface area contributed by atoms with E-state index in [1.807, 2.05) is 6.07 Å². The highest BCUT2D eigenvalue weighted by atomic mass is 16.1. The van der Waals surface area contributed by atoms with Crippen LogP contribution >= 0.6 is 0 Å². The van der Waals surface area contributed by atoms with E-state index in [-0.39, 0.29) is 23.7 Å². The summed E-state index contributed by atoms with van der Waals surface area (Å²) in [4.78, 5) is 31.0. The molecule has 0 amide bonds. The molecule has 0 aliphatic heterocycles. The van der Waals surface area contributed by atoms with Crippen molar-refractivity contribution < 1.29 is 4.79 Å². The first-order chi connectivity index (χ1) is 11.2. The fraction of sp³-hybridized carbons (Fsp3) is 0.0625. The van der Waals surface area contributed by atoms with E-state index in [1.54, 1.807) is 36.7 Å². The van der Waals surface area contributed by atoms with Gasteiger partial charge in [0.2, 0.25) is 5.95 Å². The van der Waals surface area contributed by atoms with Crippen molar-refractivity contribution in [3.63, 3.8) is 0 Å². The number of hydrogen-bond donors (Lipinski definition) is 1. The molecule has 7 nitrogen and oxygen atoms in total. The molecule has 7 heteroatoms. The average Bonchev–Trinajstić information content (AvgIpc) is 3.11. The number of H-pyrrole nitrogens is 1. The van der Waals surface area contributed by atoms with Crippen molar-refractivity contribution in [1.82, 2.24) is 19.7 Å². The summed E-state index contributed by atoms with van der Waals surface area (Å²) in [6.45, 7) is 0. The molecule has 0 spiro atoms. The first-order valence-electron chi connectivity index (χ1n) is 6.79. The second-order valence-electron chi connectivity index (χ2n) is 4.80. The van der Waals surface area contributed by atoms with Gasteiger partial charge in [0, 0.05) is 36.1 Å². The summed E-state index contributed by atoms with van der Waals surface area (Å²) >= 11 is 0. The van der Waals surface area contributed by atoms with Gasteiger partial charge in [0.25, 0.3) is 5.56 Å². The Bertz CT molecular complexity index is 951. The zero-order valence-corrected chi connectivity index (χ0v) is 11.9. The fourth-order valence-corrected chi connectivity index (χ4v) is 2.09. The molecule has 0 atom stereocenters. The van der Waals surface area contributed by atoms with Crippen LogP contribution in [0.1, 0.15) is 21.5 Å². The van der Waals surface area contributed by atoms with Gasteiger partial charge in [-0.1, -0.05) is 12.1 Å². The quantitative estimate of drug-likeness (QED) is 0.730. The highest BCUT2D eigenvalue weighted by Gasteiger charge is 2.12. The highest BCUT2D eigenvalue weighted by Crippen LogP contribution is 2.08. The van der Waals surface area contributed by atoms with Gasteiger partial charge in [-0.2, -0.15) is 10.4 Å². The van der Waals surface area contributed by atoms with E-state index in [9.17, 15) is 9.59 Å². The number of nitrogens with one attached hydrogen (secondary N) is 1. The number of nitrogens with zero attached hydrogens (tertiary/aromatic N) is 4. The number of aromatic amines is 1. The van der Waals surface area contributed by atoms with Gasteiger partial charge in [0.1, 0.15) is 0 Å². The monoisotopic (exact) mass is 305 g/mol. The smallest absolute Gasteiger partial charge is 0.255 e. The van der Waals surface area contributed by atoms with E-state index in [2.05, 4.69) is 15.1 Å². The number of aromatic nitrogens is 4. The predicted octanol–water partition coefficient (Wildman–Crippen LogP) is 1.25. The lowest BCUT2D eigenvalue weighted by molar-refractivity contribution is 0.0992. The Hall–Kier alpha value is -3.53. The summed E-state index contributed by atoms with van der Waals surface area (Å²) in [6, 6.07) is 10.1. The maximum atomic E-state index is 12.2. The number of rotatable bonds is 4. The van der Waals surface area contributed by atoms with Gasteiger partial charge < -0.3 is 0 Å². The van der Waals surface area contributed by atoms with E-state index in [0.717, 1.165) is 0 Å². The minimum absolute atomic E-state index is 0.0867. The van der Waals surface area contributed by atoms with Crippen molar-refractivity contribution >= 4 is 5.78 Å². The Morgan fingerprint density at radius 2 is 2.22 bits per heavy atom. The van der Waals surface area contributed by atoms with Crippen LogP contribution in [-0.4, -0.2) is 25.5 Å². The molecule has 0 unspecified atom stereocenters. The standard InChI is InChI=1S/C16H11N5O2/c17-9-11-3-1-4-12(7-11)14(22)8-13-10-18-16(20-15(13)23)21-6-2-5-19-21/h1-7,10H,8H2,(H,18,20,23). The maximum Gasteiger partial charge on any atom is 0.255 e. The Balaban J connectivity index is 1.84.